The van der Waals surface area contributed by atoms with Crippen LogP contribution in [0.4, 0.5) is 0 Å². The molecule has 0 saturated heterocycles. The van der Waals surface area contributed by atoms with E-state index >= 15 is 0 Å². The van der Waals surface area contributed by atoms with E-state index in [1.165, 1.54) is 22.0 Å². The Hall–Kier alpha value is -2.07. The first-order valence-corrected chi connectivity index (χ1v) is 6.03. The van der Waals surface area contributed by atoms with Gasteiger partial charge < -0.3 is 15.7 Å². The number of nitrogens with one attached hydrogen (secondary N) is 2. The van der Waals surface area contributed by atoms with Crippen LogP contribution in [0.5, 0.6) is 0 Å². The summed E-state index contributed by atoms with van der Waals surface area (Å²) in [6.45, 7) is 4.66. The van der Waals surface area contributed by atoms with E-state index in [4.69, 9.17) is 5.73 Å². The molecule has 4 heteroatoms. The summed E-state index contributed by atoms with van der Waals surface area (Å²) in [5.41, 5.74) is 11.3. The highest BCUT2D eigenvalue weighted by atomic mass is 14.9. The van der Waals surface area contributed by atoms with Gasteiger partial charge >= 0.3 is 0 Å². The van der Waals surface area contributed by atoms with Gasteiger partial charge in [-0.05, 0) is 25.0 Å². The van der Waals surface area contributed by atoms with Crippen LogP contribution in [0.25, 0.3) is 22.3 Å². The molecule has 2 aromatic heterocycles. The van der Waals surface area contributed by atoms with E-state index in [9.17, 15) is 0 Å². The predicted molar refractivity (Wildman–Crippen MR) is 73.2 cm³/mol. The molecule has 18 heavy (non-hydrogen) atoms. The number of fused-ring (bicyclic) bond motifs is 1. The van der Waals surface area contributed by atoms with Crippen molar-refractivity contribution >= 4 is 10.9 Å². The molecule has 0 aliphatic rings. The Bertz CT molecular complexity index is 706. The lowest BCUT2D eigenvalue weighted by Gasteiger charge is -1.95. The van der Waals surface area contributed by atoms with Crippen molar-refractivity contribution in [1.29, 1.82) is 0 Å². The number of benzene rings is 1. The summed E-state index contributed by atoms with van der Waals surface area (Å²) in [5.74, 6) is 0.805. The predicted octanol–water partition coefficient (Wildman–Crippen LogP) is 2.63. The van der Waals surface area contributed by atoms with Crippen molar-refractivity contribution in [1.82, 2.24) is 15.0 Å². The van der Waals surface area contributed by atoms with Crippen molar-refractivity contribution in [2.24, 2.45) is 5.73 Å². The first kappa shape index (κ1) is 11.0. The third-order valence-corrected chi connectivity index (χ3v) is 3.39. The normalized spacial score (nSPS) is 11.3. The van der Waals surface area contributed by atoms with E-state index in [1.54, 1.807) is 0 Å². The molecule has 0 radical (unpaired) electrons. The molecule has 0 amide bonds. The lowest BCUT2D eigenvalue weighted by Crippen LogP contribution is -1.97. The fourth-order valence-electron chi connectivity index (χ4n) is 2.36. The average Bonchev–Trinajstić information content (AvgIpc) is 2.96. The highest BCUT2D eigenvalue weighted by molar-refractivity contribution is 5.91. The van der Waals surface area contributed by atoms with Gasteiger partial charge in [-0.2, -0.15) is 0 Å². The van der Waals surface area contributed by atoms with Gasteiger partial charge in [0.05, 0.1) is 24.1 Å². The molecule has 0 spiro atoms. The number of rotatable bonds is 2. The van der Waals surface area contributed by atoms with Crippen LogP contribution in [-0.2, 0) is 6.54 Å². The molecule has 0 atom stereocenters. The number of aromatic nitrogens is 3. The monoisotopic (exact) mass is 240 g/mol. The zero-order valence-corrected chi connectivity index (χ0v) is 10.5. The minimum absolute atomic E-state index is 0.429. The molecule has 0 unspecified atom stereocenters. The van der Waals surface area contributed by atoms with Crippen LogP contribution in [-0.4, -0.2) is 15.0 Å². The maximum Gasteiger partial charge on any atom is 0.120 e. The Balaban J connectivity index is 2.23. The Kier molecular flexibility index (Phi) is 2.45. The summed E-state index contributed by atoms with van der Waals surface area (Å²) in [4.78, 5) is 11.0. The molecule has 0 aliphatic heterocycles. The molecule has 0 saturated carbocycles. The van der Waals surface area contributed by atoms with E-state index in [0.717, 1.165) is 17.2 Å². The zero-order valence-electron chi connectivity index (χ0n) is 10.5. The average molecular weight is 240 g/mol. The van der Waals surface area contributed by atoms with Crippen LogP contribution in [0.3, 0.4) is 0 Å². The second-order valence-electron chi connectivity index (χ2n) is 4.57. The quantitative estimate of drug-likeness (QED) is 0.644. The molecule has 4 N–H and O–H groups in total. The molecule has 0 aliphatic carbocycles. The van der Waals surface area contributed by atoms with Crippen LogP contribution in [0.2, 0.25) is 0 Å². The smallest absolute Gasteiger partial charge is 0.120 e. The number of para-hydroxylation sites is 1. The fraction of sp³-hybridized carbons (Fsp3) is 0.214. The minimum atomic E-state index is 0.429. The standard InChI is InChI=1S/C14H16N4/c1-8-4-3-5-10-9(2)14(18-13(8)10)11-7-16-12(6-15)17-11/h3-5,7,18H,6,15H2,1-2H3,(H,16,17). The maximum atomic E-state index is 5.57. The number of aryl methyl sites for hydroxylation is 2. The second kappa shape index (κ2) is 3.99. The molecule has 92 valence electrons. The lowest BCUT2D eigenvalue weighted by molar-refractivity contribution is 0.950. The number of hydrogen-bond donors (Lipinski definition) is 3. The maximum absolute atomic E-state index is 5.57. The molecule has 1 aromatic carbocycles. The van der Waals surface area contributed by atoms with Gasteiger partial charge in [0.15, 0.2) is 0 Å². The van der Waals surface area contributed by atoms with E-state index in [1.807, 2.05) is 6.20 Å². The fourth-order valence-corrected chi connectivity index (χ4v) is 2.36. The van der Waals surface area contributed by atoms with Gasteiger partial charge in [0.2, 0.25) is 0 Å². The molecule has 3 rings (SSSR count). The number of hydrogen-bond acceptors (Lipinski definition) is 2. The van der Waals surface area contributed by atoms with Gasteiger partial charge in [0.25, 0.3) is 0 Å². The molecule has 3 aromatic rings. The van der Waals surface area contributed by atoms with Crippen molar-refractivity contribution in [3.05, 3.63) is 41.3 Å². The summed E-state index contributed by atoms with van der Waals surface area (Å²) in [6.07, 6.45) is 1.83. The SMILES string of the molecule is Cc1c(-c2cnc(CN)[nH]2)[nH]c2c(C)cccc12. The van der Waals surface area contributed by atoms with Crippen LogP contribution < -0.4 is 5.73 Å². The van der Waals surface area contributed by atoms with Gasteiger partial charge in [-0.1, -0.05) is 18.2 Å². The lowest BCUT2D eigenvalue weighted by atomic mass is 10.1. The van der Waals surface area contributed by atoms with Gasteiger partial charge in [-0.25, -0.2) is 4.98 Å². The van der Waals surface area contributed by atoms with E-state index < -0.39 is 0 Å². The molecule has 0 fully saturated rings. The highest BCUT2D eigenvalue weighted by Gasteiger charge is 2.12. The minimum Gasteiger partial charge on any atom is -0.353 e. The first-order valence-electron chi connectivity index (χ1n) is 6.03. The Morgan fingerprint density at radius 3 is 2.72 bits per heavy atom. The van der Waals surface area contributed by atoms with Crippen LogP contribution in [0.15, 0.2) is 24.4 Å². The largest absolute Gasteiger partial charge is 0.353 e. The van der Waals surface area contributed by atoms with E-state index in [2.05, 4.69) is 47.0 Å². The molecule has 0 bridgehead atoms. The molecular weight excluding hydrogens is 224 g/mol. The number of aromatic amines is 2. The van der Waals surface area contributed by atoms with Gasteiger partial charge in [-0.3, -0.25) is 0 Å². The topological polar surface area (TPSA) is 70.5 Å². The summed E-state index contributed by atoms with van der Waals surface area (Å²) in [6, 6.07) is 6.33. The third kappa shape index (κ3) is 1.54. The zero-order chi connectivity index (χ0) is 12.7. The van der Waals surface area contributed by atoms with Crippen molar-refractivity contribution in [3.8, 4) is 11.4 Å². The summed E-state index contributed by atoms with van der Waals surface area (Å²) in [7, 11) is 0. The van der Waals surface area contributed by atoms with Gasteiger partial charge in [0.1, 0.15) is 5.82 Å². The number of nitrogens with zero attached hydrogens (tertiary/aromatic N) is 1. The number of nitrogens with two attached hydrogens (primary N) is 1. The summed E-state index contributed by atoms with van der Waals surface area (Å²) >= 11 is 0. The van der Waals surface area contributed by atoms with Crippen LogP contribution in [0.1, 0.15) is 17.0 Å². The number of H-pyrrole nitrogens is 2. The van der Waals surface area contributed by atoms with Crippen molar-refractivity contribution in [2.75, 3.05) is 0 Å². The van der Waals surface area contributed by atoms with E-state index in [-0.39, 0.29) is 0 Å². The van der Waals surface area contributed by atoms with Crippen LogP contribution >= 0.6 is 0 Å². The van der Waals surface area contributed by atoms with Gasteiger partial charge in [-0.15, -0.1) is 0 Å². The van der Waals surface area contributed by atoms with E-state index in [0.29, 0.717) is 6.54 Å². The van der Waals surface area contributed by atoms with Crippen LogP contribution in [0, 0.1) is 13.8 Å². The molecule has 2 heterocycles. The summed E-state index contributed by atoms with van der Waals surface area (Å²) < 4.78 is 0. The van der Waals surface area contributed by atoms with Crippen molar-refractivity contribution in [3.63, 3.8) is 0 Å². The Morgan fingerprint density at radius 2 is 2.06 bits per heavy atom. The van der Waals surface area contributed by atoms with Crippen molar-refractivity contribution in [2.45, 2.75) is 20.4 Å². The number of imidazole rings is 1. The Morgan fingerprint density at radius 1 is 1.22 bits per heavy atom. The molecule has 4 nitrogen and oxygen atoms in total. The summed E-state index contributed by atoms with van der Waals surface area (Å²) in [5, 5.41) is 1.26. The van der Waals surface area contributed by atoms with Gasteiger partial charge in [0, 0.05) is 10.9 Å². The highest BCUT2D eigenvalue weighted by Crippen LogP contribution is 2.30. The first-order chi connectivity index (χ1) is 8.70. The Labute approximate surface area is 105 Å². The second-order valence-corrected chi connectivity index (χ2v) is 4.57. The third-order valence-electron chi connectivity index (χ3n) is 3.39. The van der Waals surface area contributed by atoms with Crippen molar-refractivity contribution < 1.29 is 0 Å². The molecular formula is C14H16N4.